The molecule has 0 aliphatic heterocycles. The second kappa shape index (κ2) is 18.0. The quantitative estimate of drug-likeness (QED) is 0.103. The van der Waals surface area contributed by atoms with E-state index >= 15 is 0 Å². The molecular weight excluding hydrogens is 592 g/mol. The first kappa shape index (κ1) is 34.6. The van der Waals surface area contributed by atoms with Crippen molar-refractivity contribution in [3.8, 4) is 33.8 Å². The van der Waals surface area contributed by atoms with Crippen molar-refractivity contribution in [1.82, 2.24) is 0 Å². The number of esters is 4. The third-order valence-electron chi connectivity index (χ3n) is 6.19. The predicted molar refractivity (Wildman–Crippen MR) is 171 cm³/mol. The van der Waals surface area contributed by atoms with E-state index in [1.807, 2.05) is 48.5 Å². The van der Waals surface area contributed by atoms with Gasteiger partial charge in [0.2, 0.25) is 0 Å². The largest absolute Gasteiger partial charge is 0.490 e. The normalized spacial score (nSPS) is 11.5. The minimum atomic E-state index is -0.824. The van der Waals surface area contributed by atoms with Gasteiger partial charge >= 0.3 is 23.9 Å². The van der Waals surface area contributed by atoms with Crippen molar-refractivity contribution in [2.24, 2.45) is 0 Å². The Bertz CT molecular complexity index is 1410. The van der Waals surface area contributed by atoms with Crippen LogP contribution in [0.3, 0.4) is 0 Å². The molecule has 0 aromatic heterocycles. The van der Waals surface area contributed by atoms with Gasteiger partial charge in [0.15, 0.2) is 12.2 Å². The highest BCUT2D eigenvalue weighted by atomic mass is 16.6. The van der Waals surface area contributed by atoms with Gasteiger partial charge < -0.3 is 28.4 Å². The highest BCUT2D eigenvalue weighted by molar-refractivity contribution is 5.83. The smallest absolute Gasteiger partial charge is 0.330 e. The van der Waals surface area contributed by atoms with Gasteiger partial charge in [0.05, 0.1) is 0 Å². The minimum absolute atomic E-state index is 0.0314. The molecule has 2 atom stereocenters. The maximum Gasteiger partial charge on any atom is 0.330 e. The second-order valence-corrected chi connectivity index (χ2v) is 9.44. The number of rotatable bonds is 18. The molecular formula is C36H34O10. The molecule has 0 heterocycles. The first-order valence-corrected chi connectivity index (χ1v) is 14.1. The van der Waals surface area contributed by atoms with E-state index in [4.69, 9.17) is 28.4 Å². The lowest BCUT2D eigenvalue weighted by molar-refractivity contribution is -0.154. The third-order valence-corrected chi connectivity index (χ3v) is 6.19. The topological polar surface area (TPSA) is 124 Å². The predicted octanol–water partition coefficient (Wildman–Crippen LogP) is 5.43. The fourth-order valence-electron chi connectivity index (χ4n) is 3.85. The maximum absolute atomic E-state index is 11.6. The molecule has 3 rings (SSSR count). The Morgan fingerprint density at radius 2 is 0.739 bits per heavy atom. The molecule has 10 nitrogen and oxygen atoms in total. The van der Waals surface area contributed by atoms with Gasteiger partial charge in [-0.3, -0.25) is 0 Å². The Hall–Kier alpha value is -5.90. The highest BCUT2D eigenvalue weighted by Crippen LogP contribution is 2.27. The summed E-state index contributed by atoms with van der Waals surface area (Å²) in [5.74, 6) is -1.51. The summed E-state index contributed by atoms with van der Waals surface area (Å²) in [5.41, 5.74) is 3.90. The van der Waals surface area contributed by atoms with Crippen LogP contribution in [0.15, 0.2) is 123 Å². The van der Waals surface area contributed by atoms with E-state index in [2.05, 4.69) is 26.3 Å². The van der Waals surface area contributed by atoms with Crippen LogP contribution in [0.5, 0.6) is 11.5 Å². The summed E-state index contributed by atoms with van der Waals surface area (Å²) < 4.78 is 31.8. The van der Waals surface area contributed by atoms with Crippen LogP contribution in [0.4, 0.5) is 0 Å². The first-order chi connectivity index (χ1) is 22.2. The van der Waals surface area contributed by atoms with Gasteiger partial charge in [0, 0.05) is 24.3 Å². The average molecular weight is 627 g/mol. The van der Waals surface area contributed by atoms with Crippen molar-refractivity contribution in [3.05, 3.63) is 123 Å². The SMILES string of the molecule is C=CC(=O)OCC(COc1ccc(-c2ccc(-c3ccc(OCC(COC(=O)C=C)OC(=O)C=C)cc3)cc2)cc1)OC(=O)C=C. The molecule has 0 saturated carbocycles. The molecule has 0 saturated heterocycles. The van der Waals surface area contributed by atoms with Crippen LogP contribution in [0, 0.1) is 0 Å². The molecule has 0 radical (unpaired) electrons. The number of benzene rings is 3. The van der Waals surface area contributed by atoms with Crippen molar-refractivity contribution in [2.45, 2.75) is 12.2 Å². The summed E-state index contributed by atoms with van der Waals surface area (Å²) in [6, 6.07) is 22.7. The van der Waals surface area contributed by atoms with Gasteiger partial charge in [-0.25, -0.2) is 19.2 Å². The van der Waals surface area contributed by atoms with Crippen LogP contribution in [-0.4, -0.2) is 62.5 Å². The van der Waals surface area contributed by atoms with Crippen molar-refractivity contribution in [2.75, 3.05) is 26.4 Å². The zero-order chi connectivity index (χ0) is 33.3. The number of hydrogen-bond acceptors (Lipinski definition) is 10. The van der Waals surface area contributed by atoms with Crippen LogP contribution in [-0.2, 0) is 38.1 Å². The van der Waals surface area contributed by atoms with Gasteiger partial charge in [-0.15, -0.1) is 0 Å². The Balaban J connectivity index is 1.57. The Morgan fingerprint density at radius 3 is 1.02 bits per heavy atom. The molecule has 238 valence electrons. The zero-order valence-electron chi connectivity index (χ0n) is 25.1. The van der Waals surface area contributed by atoms with E-state index in [-0.39, 0.29) is 26.4 Å². The lowest BCUT2D eigenvalue weighted by atomic mass is 10.0. The fourth-order valence-corrected chi connectivity index (χ4v) is 3.85. The van der Waals surface area contributed by atoms with Crippen molar-refractivity contribution in [1.29, 1.82) is 0 Å². The Kier molecular flexibility index (Phi) is 13.6. The number of ether oxygens (including phenoxy) is 6. The van der Waals surface area contributed by atoms with E-state index in [1.165, 1.54) is 0 Å². The van der Waals surface area contributed by atoms with Gasteiger partial charge in [0.25, 0.3) is 0 Å². The molecule has 0 fully saturated rings. The maximum atomic E-state index is 11.6. The lowest BCUT2D eigenvalue weighted by Crippen LogP contribution is -2.30. The van der Waals surface area contributed by atoms with E-state index in [9.17, 15) is 19.2 Å². The summed E-state index contributed by atoms with van der Waals surface area (Å²) in [7, 11) is 0. The molecule has 0 amide bonds. The lowest BCUT2D eigenvalue weighted by Gasteiger charge is -2.17. The van der Waals surface area contributed by atoms with E-state index in [0.717, 1.165) is 46.6 Å². The average Bonchev–Trinajstić information content (AvgIpc) is 3.10. The molecule has 0 bridgehead atoms. The Morgan fingerprint density at radius 1 is 0.457 bits per heavy atom. The highest BCUT2D eigenvalue weighted by Gasteiger charge is 2.17. The van der Waals surface area contributed by atoms with E-state index in [0.29, 0.717) is 11.5 Å². The molecule has 3 aromatic carbocycles. The van der Waals surface area contributed by atoms with Gasteiger partial charge in [-0.05, 0) is 46.5 Å². The van der Waals surface area contributed by atoms with Crippen LogP contribution >= 0.6 is 0 Å². The van der Waals surface area contributed by atoms with Crippen molar-refractivity contribution >= 4 is 23.9 Å². The monoisotopic (exact) mass is 626 g/mol. The second-order valence-electron chi connectivity index (χ2n) is 9.44. The van der Waals surface area contributed by atoms with E-state index in [1.54, 1.807) is 24.3 Å². The Labute approximate surface area is 267 Å². The molecule has 46 heavy (non-hydrogen) atoms. The van der Waals surface area contributed by atoms with Gasteiger partial charge in [-0.2, -0.15) is 0 Å². The number of hydrogen-bond donors (Lipinski definition) is 0. The summed E-state index contributed by atoms with van der Waals surface area (Å²) >= 11 is 0. The van der Waals surface area contributed by atoms with Gasteiger partial charge in [-0.1, -0.05) is 74.8 Å². The molecule has 3 aromatic rings. The van der Waals surface area contributed by atoms with Crippen molar-refractivity contribution < 1.29 is 47.6 Å². The molecule has 0 aliphatic carbocycles. The van der Waals surface area contributed by atoms with Crippen LogP contribution in [0.2, 0.25) is 0 Å². The molecule has 0 spiro atoms. The van der Waals surface area contributed by atoms with Crippen LogP contribution in [0.25, 0.3) is 22.3 Å². The standard InChI is InChI=1S/C36H34O10/c1-5-33(37)43-23-31(45-35(39)7-3)21-41-29-17-13-27(14-18-29)25-9-11-26(12-10-25)28-15-19-30(20-16-28)42-22-32(46-36(40)8-4)24-44-34(38)6-2/h5-20,31-32H,1-4,21-24H2. The third kappa shape index (κ3) is 11.3. The first-order valence-electron chi connectivity index (χ1n) is 14.1. The number of carbonyl (C=O) groups excluding carboxylic acids is 4. The molecule has 0 aliphatic rings. The number of carbonyl (C=O) groups is 4. The van der Waals surface area contributed by atoms with Crippen LogP contribution in [0.1, 0.15) is 0 Å². The van der Waals surface area contributed by atoms with Crippen LogP contribution < -0.4 is 9.47 Å². The van der Waals surface area contributed by atoms with Gasteiger partial charge in [0.1, 0.15) is 37.9 Å². The van der Waals surface area contributed by atoms with Crippen molar-refractivity contribution in [3.63, 3.8) is 0 Å². The zero-order valence-corrected chi connectivity index (χ0v) is 25.1. The summed E-state index contributed by atoms with van der Waals surface area (Å²) in [6.07, 6.45) is 2.42. The minimum Gasteiger partial charge on any atom is -0.490 e. The summed E-state index contributed by atoms with van der Waals surface area (Å²) in [6.45, 7) is 13.0. The molecule has 2 unspecified atom stereocenters. The molecule has 0 N–H and O–H groups in total. The fraction of sp³-hybridized carbons (Fsp3) is 0.167. The summed E-state index contributed by atoms with van der Waals surface area (Å²) in [4.78, 5) is 46.0. The summed E-state index contributed by atoms with van der Waals surface area (Å²) in [5, 5.41) is 0. The van der Waals surface area contributed by atoms with E-state index < -0.39 is 36.1 Å². The molecule has 10 heteroatoms.